The van der Waals surface area contributed by atoms with Crippen molar-refractivity contribution in [3.63, 3.8) is 0 Å². The van der Waals surface area contributed by atoms with E-state index in [-0.39, 0.29) is 0 Å². The summed E-state index contributed by atoms with van der Waals surface area (Å²) in [5.74, 6) is 0. The van der Waals surface area contributed by atoms with Crippen molar-refractivity contribution in [2.45, 2.75) is 38.6 Å². The molecule has 0 spiro atoms. The van der Waals surface area contributed by atoms with Crippen molar-refractivity contribution >= 4 is 0 Å². The van der Waals surface area contributed by atoms with Gasteiger partial charge in [-0.25, -0.2) is 0 Å². The molecule has 2 nitrogen and oxygen atoms in total. The van der Waals surface area contributed by atoms with Gasteiger partial charge in [0.25, 0.3) is 0 Å². The number of ether oxygens (including phenoxy) is 1. The van der Waals surface area contributed by atoms with Crippen LogP contribution in [0.3, 0.4) is 0 Å². The van der Waals surface area contributed by atoms with E-state index in [0.29, 0.717) is 6.04 Å². The maximum absolute atomic E-state index is 5.06. The summed E-state index contributed by atoms with van der Waals surface area (Å²) in [5.41, 5.74) is 1.44. The molecule has 1 rings (SSSR count). The minimum atomic E-state index is 0.562. The monoisotopic (exact) mass is 235 g/mol. The van der Waals surface area contributed by atoms with Gasteiger partial charge in [0.2, 0.25) is 0 Å². The fourth-order valence-corrected chi connectivity index (χ4v) is 1.84. The molecule has 1 atom stereocenters. The summed E-state index contributed by atoms with van der Waals surface area (Å²) in [6.07, 6.45) is 4.78. The molecule has 0 heterocycles. The minimum absolute atomic E-state index is 0.562. The zero-order chi connectivity index (χ0) is 12.3. The Labute approximate surface area is 105 Å². The molecule has 17 heavy (non-hydrogen) atoms. The number of benzene rings is 1. The van der Waals surface area contributed by atoms with Gasteiger partial charge in [0.1, 0.15) is 0 Å². The van der Waals surface area contributed by atoms with Crippen molar-refractivity contribution in [3.05, 3.63) is 35.9 Å². The van der Waals surface area contributed by atoms with Crippen LogP contribution in [-0.4, -0.2) is 26.3 Å². The second-order valence-electron chi connectivity index (χ2n) is 4.58. The van der Waals surface area contributed by atoms with Crippen molar-refractivity contribution in [2.24, 2.45) is 0 Å². The number of methoxy groups -OCH3 is 1. The molecule has 0 amide bonds. The van der Waals surface area contributed by atoms with Crippen LogP contribution in [0.1, 0.15) is 31.7 Å². The molecular weight excluding hydrogens is 210 g/mol. The van der Waals surface area contributed by atoms with E-state index in [1.54, 1.807) is 7.11 Å². The van der Waals surface area contributed by atoms with Crippen LogP contribution in [0, 0.1) is 0 Å². The molecule has 1 N–H and O–H groups in total. The summed E-state index contributed by atoms with van der Waals surface area (Å²) in [6, 6.07) is 11.3. The van der Waals surface area contributed by atoms with Gasteiger partial charge >= 0.3 is 0 Å². The van der Waals surface area contributed by atoms with Crippen LogP contribution < -0.4 is 5.32 Å². The van der Waals surface area contributed by atoms with Crippen LogP contribution in [0.25, 0.3) is 0 Å². The summed E-state index contributed by atoms with van der Waals surface area (Å²) >= 11 is 0. The third-order valence-corrected chi connectivity index (χ3v) is 2.98. The second-order valence-corrected chi connectivity index (χ2v) is 4.58. The predicted molar refractivity (Wildman–Crippen MR) is 73.3 cm³/mol. The quantitative estimate of drug-likeness (QED) is 0.664. The van der Waals surface area contributed by atoms with E-state index in [9.17, 15) is 0 Å². The summed E-state index contributed by atoms with van der Waals surface area (Å²) in [5, 5.41) is 3.52. The molecule has 0 aromatic heterocycles. The average molecular weight is 235 g/mol. The number of hydrogen-bond acceptors (Lipinski definition) is 2. The first-order chi connectivity index (χ1) is 8.33. The fourth-order valence-electron chi connectivity index (χ4n) is 1.84. The Morgan fingerprint density at radius 3 is 2.65 bits per heavy atom. The highest BCUT2D eigenvalue weighted by atomic mass is 16.5. The van der Waals surface area contributed by atoms with Gasteiger partial charge in [0.05, 0.1) is 0 Å². The molecule has 0 aliphatic carbocycles. The van der Waals surface area contributed by atoms with Gasteiger partial charge < -0.3 is 10.1 Å². The van der Waals surface area contributed by atoms with Gasteiger partial charge in [0, 0.05) is 19.8 Å². The van der Waals surface area contributed by atoms with Crippen molar-refractivity contribution < 1.29 is 4.74 Å². The molecule has 0 aliphatic heterocycles. The molecule has 0 bridgehead atoms. The van der Waals surface area contributed by atoms with E-state index in [4.69, 9.17) is 4.74 Å². The lowest BCUT2D eigenvalue weighted by Gasteiger charge is -2.12. The van der Waals surface area contributed by atoms with Crippen molar-refractivity contribution in [2.75, 3.05) is 20.3 Å². The Morgan fingerprint density at radius 1 is 1.18 bits per heavy atom. The highest BCUT2D eigenvalue weighted by Gasteiger charge is 1.99. The van der Waals surface area contributed by atoms with E-state index < -0.39 is 0 Å². The van der Waals surface area contributed by atoms with E-state index in [0.717, 1.165) is 19.6 Å². The van der Waals surface area contributed by atoms with E-state index in [1.807, 2.05) is 0 Å². The first kappa shape index (κ1) is 14.2. The number of unbranched alkanes of at least 4 members (excludes halogenated alkanes) is 1. The minimum Gasteiger partial charge on any atom is -0.385 e. The summed E-state index contributed by atoms with van der Waals surface area (Å²) in [6.45, 7) is 4.17. The average Bonchev–Trinajstić information content (AvgIpc) is 2.37. The third-order valence-electron chi connectivity index (χ3n) is 2.98. The smallest absolute Gasteiger partial charge is 0.0476 e. The third kappa shape index (κ3) is 7.14. The van der Waals surface area contributed by atoms with E-state index >= 15 is 0 Å². The molecule has 96 valence electrons. The maximum atomic E-state index is 5.06. The molecule has 0 saturated carbocycles. The van der Waals surface area contributed by atoms with Crippen molar-refractivity contribution in [1.29, 1.82) is 0 Å². The van der Waals surface area contributed by atoms with Crippen molar-refractivity contribution in [3.8, 4) is 0 Å². The molecule has 0 radical (unpaired) electrons. The molecule has 2 heteroatoms. The molecular formula is C15H25NO. The first-order valence-electron chi connectivity index (χ1n) is 6.59. The fraction of sp³-hybridized carbons (Fsp3) is 0.600. The van der Waals surface area contributed by atoms with Gasteiger partial charge in [-0.15, -0.1) is 0 Å². The van der Waals surface area contributed by atoms with Crippen LogP contribution >= 0.6 is 0 Å². The zero-order valence-corrected chi connectivity index (χ0v) is 11.1. The van der Waals surface area contributed by atoms with Gasteiger partial charge in [-0.1, -0.05) is 30.3 Å². The highest BCUT2D eigenvalue weighted by molar-refractivity contribution is 5.14. The highest BCUT2D eigenvalue weighted by Crippen LogP contribution is 2.04. The van der Waals surface area contributed by atoms with Gasteiger partial charge in [-0.05, 0) is 44.7 Å². The topological polar surface area (TPSA) is 21.3 Å². The molecule has 1 aromatic carbocycles. The summed E-state index contributed by atoms with van der Waals surface area (Å²) in [7, 11) is 1.76. The Bertz CT molecular complexity index is 274. The largest absolute Gasteiger partial charge is 0.385 e. The van der Waals surface area contributed by atoms with Gasteiger partial charge in [0.15, 0.2) is 0 Å². The van der Waals surface area contributed by atoms with Crippen LogP contribution in [0.4, 0.5) is 0 Å². The van der Waals surface area contributed by atoms with Crippen LogP contribution in [0.2, 0.25) is 0 Å². The van der Waals surface area contributed by atoms with Crippen LogP contribution in [-0.2, 0) is 11.2 Å². The Kier molecular flexibility index (Phi) is 7.69. The van der Waals surface area contributed by atoms with Crippen LogP contribution in [0.5, 0.6) is 0 Å². The predicted octanol–water partition coefficient (Wildman–Crippen LogP) is 3.02. The normalized spacial score (nSPS) is 12.6. The molecule has 1 aromatic rings. The number of rotatable bonds is 9. The standard InChI is InChI=1S/C15H25NO/c1-14(11-13-17-2)16-12-7-6-10-15-8-4-3-5-9-15/h3-5,8-9,14,16H,6-7,10-13H2,1-2H3. The van der Waals surface area contributed by atoms with Crippen molar-refractivity contribution in [1.82, 2.24) is 5.32 Å². The number of nitrogens with one attached hydrogen (secondary N) is 1. The summed E-state index contributed by atoms with van der Waals surface area (Å²) < 4.78 is 5.06. The molecule has 0 aliphatic rings. The second kappa shape index (κ2) is 9.20. The zero-order valence-electron chi connectivity index (χ0n) is 11.1. The lowest BCUT2D eigenvalue weighted by Crippen LogP contribution is -2.28. The van der Waals surface area contributed by atoms with Crippen LogP contribution in [0.15, 0.2) is 30.3 Å². The number of aryl methyl sites for hydroxylation is 1. The van der Waals surface area contributed by atoms with E-state index in [1.165, 1.54) is 24.8 Å². The molecule has 1 unspecified atom stereocenters. The first-order valence-corrected chi connectivity index (χ1v) is 6.59. The lowest BCUT2D eigenvalue weighted by molar-refractivity contribution is 0.185. The lowest BCUT2D eigenvalue weighted by atomic mass is 10.1. The Balaban J connectivity index is 1.97. The summed E-state index contributed by atoms with van der Waals surface area (Å²) in [4.78, 5) is 0. The Hall–Kier alpha value is -0.860. The van der Waals surface area contributed by atoms with Gasteiger partial charge in [-0.2, -0.15) is 0 Å². The Morgan fingerprint density at radius 2 is 1.94 bits per heavy atom. The van der Waals surface area contributed by atoms with E-state index in [2.05, 4.69) is 42.6 Å². The van der Waals surface area contributed by atoms with Gasteiger partial charge in [-0.3, -0.25) is 0 Å². The SMILES string of the molecule is COCCC(C)NCCCCc1ccccc1. The molecule has 0 fully saturated rings. The number of hydrogen-bond donors (Lipinski definition) is 1. The molecule has 0 saturated heterocycles. The maximum Gasteiger partial charge on any atom is 0.0476 e.